The molecule has 1 rings (SSSR count). The summed E-state index contributed by atoms with van der Waals surface area (Å²) in [6, 6.07) is 2.89. The molecular weight excluding hydrogens is 411 g/mol. The molecule has 0 unspecified atom stereocenters. The third kappa shape index (κ3) is 10.8. The van der Waals surface area contributed by atoms with Crippen molar-refractivity contribution in [2.75, 3.05) is 6.61 Å². The van der Waals surface area contributed by atoms with Gasteiger partial charge in [-0.2, -0.15) is 0 Å². The van der Waals surface area contributed by atoms with Gasteiger partial charge in [-0.1, -0.05) is 74.3 Å². The van der Waals surface area contributed by atoms with Crippen LogP contribution in [0.25, 0.3) is 0 Å². The van der Waals surface area contributed by atoms with E-state index in [0.29, 0.717) is 30.4 Å². The van der Waals surface area contributed by atoms with Gasteiger partial charge in [0.2, 0.25) is 0 Å². The molecule has 0 aliphatic rings. The van der Waals surface area contributed by atoms with Gasteiger partial charge in [-0.3, -0.25) is 9.59 Å². The Balaban J connectivity index is 2.07. The highest BCUT2D eigenvalue weighted by molar-refractivity contribution is 6.43. The Bertz CT molecular complexity index is 617. The minimum atomic E-state index is -0.344. The maximum Gasteiger partial charge on any atom is 0.311 e. The molecule has 1 aromatic carbocycles. The molecule has 0 radical (unpaired) electrons. The van der Waals surface area contributed by atoms with Crippen molar-refractivity contribution in [3.63, 3.8) is 0 Å². The number of benzene rings is 1. The van der Waals surface area contributed by atoms with E-state index >= 15 is 0 Å². The molecule has 0 amide bonds. The molecule has 0 aliphatic carbocycles. The summed E-state index contributed by atoms with van der Waals surface area (Å²) in [7, 11) is 0. The van der Waals surface area contributed by atoms with Gasteiger partial charge >= 0.3 is 11.9 Å². The van der Waals surface area contributed by atoms with E-state index in [-0.39, 0.29) is 27.7 Å². The van der Waals surface area contributed by atoms with Crippen LogP contribution in [0.15, 0.2) is 12.1 Å². The molecule has 27 heavy (non-hydrogen) atoms. The van der Waals surface area contributed by atoms with Gasteiger partial charge in [0.15, 0.2) is 5.75 Å². The molecule has 0 aromatic heterocycles. The second kappa shape index (κ2) is 13.2. The van der Waals surface area contributed by atoms with E-state index in [0.717, 1.165) is 38.5 Å². The molecule has 0 heterocycles. The van der Waals surface area contributed by atoms with Gasteiger partial charge in [-0.25, -0.2) is 0 Å². The highest BCUT2D eigenvalue weighted by atomic mass is 35.5. The molecule has 0 aliphatic heterocycles. The van der Waals surface area contributed by atoms with Crippen LogP contribution in [0.5, 0.6) is 5.75 Å². The van der Waals surface area contributed by atoms with Gasteiger partial charge in [0.1, 0.15) is 0 Å². The van der Waals surface area contributed by atoms with Crippen LogP contribution in [0, 0.1) is 5.92 Å². The van der Waals surface area contributed by atoms with Crippen molar-refractivity contribution in [1.29, 1.82) is 0 Å². The third-order valence-electron chi connectivity index (χ3n) is 3.79. The van der Waals surface area contributed by atoms with Crippen LogP contribution in [0.4, 0.5) is 0 Å². The first-order valence-corrected chi connectivity index (χ1v) is 10.4. The van der Waals surface area contributed by atoms with Crippen molar-refractivity contribution in [2.45, 2.75) is 65.2 Å². The van der Waals surface area contributed by atoms with Gasteiger partial charge in [0, 0.05) is 18.9 Å². The van der Waals surface area contributed by atoms with Crippen molar-refractivity contribution >= 4 is 46.7 Å². The van der Waals surface area contributed by atoms with E-state index in [1.54, 1.807) is 0 Å². The predicted molar refractivity (Wildman–Crippen MR) is 110 cm³/mol. The maximum absolute atomic E-state index is 11.9. The third-order valence-corrected chi connectivity index (χ3v) is 4.81. The number of carbonyl (C=O) groups is 2. The van der Waals surface area contributed by atoms with Crippen LogP contribution < -0.4 is 4.74 Å². The Morgan fingerprint density at radius 1 is 0.815 bits per heavy atom. The quantitative estimate of drug-likeness (QED) is 0.155. The number of ether oxygens (including phenoxy) is 2. The Morgan fingerprint density at radius 2 is 1.33 bits per heavy atom. The molecule has 7 heteroatoms. The molecule has 0 N–H and O–H groups in total. The number of esters is 2. The summed E-state index contributed by atoms with van der Waals surface area (Å²) in [6.07, 6.45) is 6.35. The number of rotatable bonds is 12. The van der Waals surface area contributed by atoms with Crippen LogP contribution in [-0.2, 0) is 14.3 Å². The summed E-state index contributed by atoms with van der Waals surface area (Å²) in [5, 5.41) is 0.858. The molecule has 0 fully saturated rings. The van der Waals surface area contributed by atoms with Crippen LogP contribution in [-0.4, -0.2) is 18.5 Å². The van der Waals surface area contributed by atoms with Crippen molar-refractivity contribution in [3.8, 4) is 5.75 Å². The van der Waals surface area contributed by atoms with E-state index in [9.17, 15) is 9.59 Å². The lowest BCUT2D eigenvalue weighted by atomic mass is 10.1. The molecule has 0 atom stereocenters. The van der Waals surface area contributed by atoms with Crippen molar-refractivity contribution < 1.29 is 19.1 Å². The van der Waals surface area contributed by atoms with Crippen LogP contribution >= 0.6 is 34.8 Å². The maximum atomic E-state index is 11.9. The SMILES string of the molecule is CC(C)COC(=O)CCCCCCCCC(=O)Oc1cc(Cl)c(Cl)cc1Cl. The second-order valence-corrected chi connectivity index (χ2v) is 8.09. The summed E-state index contributed by atoms with van der Waals surface area (Å²) in [4.78, 5) is 23.3. The van der Waals surface area contributed by atoms with Crippen molar-refractivity contribution in [1.82, 2.24) is 0 Å². The van der Waals surface area contributed by atoms with E-state index in [2.05, 4.69) is 0 Å². The highest BCUT2D eigenvalue weighted by Gasteiger charge is 2.11. The zero-order valence-electron chi connectivity index (χ0n) is 15.9. The number of unbranched alkanes of at least 4 members (excludes halogenated alkanes) is 5. The molecule has 0 saturated heterocycles. The fourth-order valence-corrected chi connectivity index (χ4v) is 2.91. The normalized spacial score (nSPS) is 10.9. The minimum absolute atomic E-state index is 0.118. The lowest BCUT2D eigenvalue weighted by Gasteiger charge is -2.08. The topological polar surface area (TPSA) is 52.6 Å². The Labute approximate surface area is 176 Å². The fourth-order valence-electron chi connectivity index (χ4n) is 2.33. The largest absolute Gasteiger partial charge is 0.465 e. The fraction of sp³-hybridized carbons (Fsp3) is 0.600. The lowest BCUT2D eigenvalue weighted by molar-refractivity contribution is -0.144. The zero-order chi connectivity index (χ0) is 20.2. The summed E-state index contributed by atoms with van der Waals surface area (Å²) in [5.41, 5.74) is 0. The van der Waals surface area contributed by atoms with Crippen LogP contribution in [0.1, 0.15) is 65.2 Å². The molecule has 4 nitrogen and oxygen atoms in total. The number of carbonyl (C=O) groups excluding carboxylic acids is 2. The van der Waals surface area contributed by atoms with Gasteiger partial charge in [0.05, 0.1) is 21.7 Å². The second-order valence-electron chi connectivity index (χ2n) is 6.87. The smallest absolute Gasteiger partial charge is 0.311 e. The molecule has 152 valence electrons. The summed E-state index contributed by atoms with van der Waals surface area (Å²) < 4.78 is 10.4. The van der Waals surface area contributed by atoms with E-state index in [1.165, 1.54) is 12.1 Å². The molecule has 0 spiro atoms. The van der Waals surface area contributed by atoms with E-state index in [1.807, 2.05) is 13.8 Å². The van der Waals surface area contributed by atoms with Gasteiger partial charge < -0.3 is 9.47 Å². The van der Waals surface area contributed by atoms with Gasteiger partial charge in [-0.15, -0.1) is 0 Å². The highest BCUT2D eigenvalue weighted by Crippen LogP contribution is 2.34. The monoisotopic (exact) mass is 436 g/mol. The first kappa shape index (κ1) is 24.1. The zero-order valence-corrected chi connectivity index (χ0v) is 18.1. The average molecular weight is 438 g/mol. The molecule has 0 saturated carbocycles. The summed E-state index contributed by atoms with van der Waals surface area (Å²) in [6.45, 7) is 4.52. The van der Waals surface area contributed by atoms with Crippen molar-refractivity contribution in [2.24, 2.45) is 5.92 Å². The number of hydrogen-bond donors (Lipinski definition) is 0. The number of hydrogen-bond acceptors (Lipinski definition) is 4. The van der Waals surface area contributed by atoms with Crippen LogP contribution in [0.3, 0.4) is 0 Å². The van der Waals surface area contributed by atoms with E-state index in [4.69, 9.17) is 44.3 Å². The summed E-state index contributed by atoms with van der Waals surface area (Å²) >= 11 is 17.7. The molecule has 0 bridgehead atoms. The standard InChI is InChI=1S/C20H27Cl3O4/c1-14(2)13-26-19(24)9-7-5-3-4-6-8-10-20(25)27-18-12-16(22)15(21)11-17(18)23/h11-12,14H,3-10,13H2,1-2H3. The summed E-state index contributed by atoms with van der Waals surface area (Å²) in [5.74, 6) is 0.129. The molecular formula is C20H27Cl3O4. The van der Waals surface area contributed by atoms with Crippen molar-refractivity contribution in [3.05, 3.63) is 27.2 Å². The first-order valence-electron chi connectivity index (χ1n) is 9.30. The average Bonchev–Trinajstić information content (AvgIpc) is 2.60. The Kier molecular flexibility index (Phi) is 11.8. The predicted octanol–water partition coefficient (Wildman–Crippen LogP) is 6.87. The van der Waals surface area contributed by atoms with Gasteiger partial charge in [0.25, 0.3) is 0 Å². The van der Waals surface area contributed by atoms with Crippen LogP contribution in [0.2, 0.25) is 15.1 Å². The Morgan fingerprint density at radius 3 is 1.93 bits per heavy atom. The van der Waals surface area contributed by atoms with Gasteiger partial charge in [-0.05, 0) is 24.8 Å². The van der Waals surface area contributed by atoms with E-state index < -0.39 is 0 Å². The first-order chi connectivity index (χ1) is 12.8. The number of halogens is 3. The lowest BCUT2D eigenvalue weighted by Crippen LogP contribution is -2.09. The Hall–Kier alpha value is -0.970. The molecule has 1 aromatic rings. The minimum Gasteiger partial charge on any atom is -0.465 e.